The first-order valence-corrected chi connectivity index (χ1v) is 43.4. The van der Waals surface area contributed by atoms with Crippen LogP contribution in [0.5, 0.6) is 34.5 Å². The molecule has 0 spiro atoms. The van der Waals surface area contributed by atoms with E-state index in [2.05, 4.69) is 256 Å². The van der Waals surface area contributed by atoms with Crippen LogP contribution in [-0.4, -0.2) is 143 Å². The summed E-state index contributed by atoms with van der Waals surface area (Å²) in [5.41, 5.74) is 13.9. The van der Waals surface area contributed by atoms with E-state index in [-0.39, 0.29) is 63.0 Å². The number of nitrogens with one attached hydrogen (secondary N) is 4. The van der Waals surface area contributed by atoms with E-state index >= 15 is 0 Å². The third-order valence-corrected chi connectivity index (χ3v) is 22.6. The summed E-state index contributed by atoms with van der Waals surface area (Å²) in [6.45, 7) is 41.9. The Morgan fingerprint density at radius 2 is 0.765 bits per heavy atom. The van der Waals surface area contributed by atoms with Crippen molar-refractivity contribution in [1.29, 1.82) is 0 Å². The predicted octanol–water partition coefficient (Wildman–Crippen LogP) is 21.2. The molecule has 3 unspecified atom stereocenters. The monoisotopic (exact) mass is 1620 g/mol. The zero-order valence-corrected chi connectivity index (χ0v) is 74.8. The topological polar surface area (TPSA) is 194 Å². The van der Waals surface area contributed by atoms with Gasteiger partial charge in [-0.2, -0.15) is 0 Å². The molecule has 1 saturated heterocycles. The first-order valence-electron chi connectivity index (χ1n) is 43.4. The number of pyridine rings is 1. The Morgan fingerprint density at radius 3 is 1.11 bits per heavy atom. The fourth-order valence-electron chi connectivity index (χ4n) is 14.9. The molecule has 119 heavy (non-hydrogen) atoms. The van der Waals surface area contributed by atoms with Crippen molar-refractivity contribution in [1.82, 2.24) is 19.7 Å². The second kappa shape index (κ2) is 44.5. The maximum absolute atomic E-state index is 13.0. The van der Waals surface area contributed by atoms with E-state index in [4.69, 9.17) is 28.4 Å². The molecule has 4 aliphatic heterocycles. The molecular weight excluding hydrogens is 1490 g/mol. The van der Waals surface area contributed by atoms with Gasteiger partial charge in [0.15, 0.2) is 34.5 Å². The summed E-state index contributed by atoms with van der Waals surface area (Å²) in [6.07, 6.45) is 13.1. The molecule has 18 nitrogen and oxygen atoms in total. The number of anilines is 4. The minimum atomic E-state index is 0.00157. The molecule has 0 saturated carbocycles. The van der Waals surface area contributed by atoms with Crippen molar-refractivity contribution in [3.8, 4) is 34.5 Å². The second-order valence-electron chi connectivity index (χ2n) is 37.1. The van der Waals surface area contributed by atoms with E-state index in [1.165, 1.54) is 70.4 Å². The number of ether oxygens (including phenoxy) is 6. The van der Waals surface area contributed by atoms with Gasteiger partial charge in [0.25, 0.3) is 0 Å². The van der Waals surface area contributed by atoms with E-state index in [1.54, 1.807) is 6.20 Å². The van der Waals surface area contributed by atoms with Gasteiger partial charge in [0, 0.05) is 73.2 Å². The first kappa shape index (κ1) is 93.1. The van der Waals surface area contributed by atoms with Gasteiger partial charge in [0.2, 0.25) is 23.6 Å². The van der Waals surface area contributed by atoms with Crippen molar-refractivity contribution >= 4 is 46.5 Å². The molecular formula is C101H138N8O10. The number of carbonyl (C=O) groups is 4. The molecule has 0 aliphatic carbocycles. The maximum Gasteiger partial charge on any atom is 0.225 e. The highest BCUT2D eigenvalue weighted by molar-refractivity contribution is 5.93. The summed E-state index contributed by atoms with van der Waals surface area (Å²) >= 11 is 0. The van der Waals surface area contributed by atoms with E-state index in [0.29, 0.717) is 94.4 Å². The Hall–Kier alpha value is -9.75. The number of aromatic nitrogens is 1. The van der Waals surface area contributed by atoms with Crippen molar-refractivity contribution in [2.45, 2.75) is 233 Å². The van der Waals surface area contributed by atoms with Gasteiger partial charge in [-0.1, -0.05) is 186 Å². The quantitative estimate of drug-likeness (QED) is 0.0346. The third-order valence-electron chi connectivity index (χ3n) is 22.6. The molecule has 5 heterocycles. The molecule has 4 N–H and O–H groups in total. The van der Waals surface area contributed by atoms with Crippen LogP contribution in [0, 0.1) is 6.92 Å². The zero-order chi connectivity index (χ0) is 85.9. The number of rotatable bonds is 29. The lowest BCUT2D eigenvalue weighted by Gasteiger charge is -2.24. The summed E-state index contributed by atoms with van der Waals surface area (Å²) in [5.74, 6) is 5.55. The van der Waals surface area contributed by atoms with Crippen LogP contribution in [0.25, 0.3) is 0 Å². The van der Waals surface area contributed by atoms with Crippen molar-refractivity contribution in [3.05, 3.63) is 220 Å². The first-order chi connectivity index (χ1) is 56.6. The minimum Gasteiger partial charge on any atom is -0.486 e. The van der Waals surface area contributed by atoms with Gasteiger partial charge < -0.3 is 64.4 Å². The van der Waals surface area contributed by atoms with Gasteiger partial charge in [-0.05, 0) is 264 Å². The smallest absolute Gasteiger partial charge is 0.225 e. The number of carbonyl (C=O) groups excluding carboxylic acids is 4. The molecule has 7 aromatic carbocycles. The summed E-state index contributed by atoms with van der Waals surface area (Å²) in [4.78, 5) is 62.2. The number of hydrogen-bond donors (Lipinski definition) is 4. The highest BCUT2D eigenvalue weighted by atomic mass is 16.6. The Balaban J connectivity index is 0.000000183. The van der Waals surface area contributed by atoms with Gasteiger partial charge in [0.1, 0.15) is 45.5 Å². The lowest BCUT2D eigenvalue weighted by molar-refractivity contribution is -0.117. The fourth-order valence-corrected chi connectivity index (χ4v) is 14.9. The summed E-state index contributed by atoms with van der Waals surface area (Å²) in [7, 11) is 6.33. The Bertz CT molecular complexity index is 4350. The van der Waals surface area contributed by atoms with Crippen molar-refractivity contribution < 1.29 is 47.6 Å². The molecule has 4 amide bonds. The SMILES string of the molecule is CC(C)(C)c1ccc(C(CCCN2CCCC2)CC(=O)Nc2ccc3c(c2)OCCO3)cc1.CC(C)N(C)CCCC(CC(=O)Nc1ccc2c(c1)OCCO2)c1ccc(C(C)(C)C)cc1.CN(C)CCCC(CC(=O)Nc1ccc2c(c1)OCCO2)c1ccc(C(C)(C)C)cc1.Cc1cccnc1NC(=O)CCc1ccc(C(C)(C)C)cc1. The number of likely N-dealkylation sites (tertiary alicyclic amines) is 1. The standard InChI is InChI=1S/C28H38N2O3.C28H40N2O3.C26H36N2O3.C19H24N2O/c1-28(2,3)23-10-8-21(9-11-23)22(7-6-16-30-14-4-5-15-30)19-27(31)29-24-12-13-25-26(20-24)33-18-17-32-25;1-20(2)30(6)15-7-8-22(21-9-11-23(12-10-21)28(3,4)5)18-27(31)29-24-13-14-25-26(19-24)33-17-16-32-25;1-26(2,3)21-10-8-19(9-11-21)20(7-6-14-28(4)5)17-25(29)27-22-12-13-23-24(18-22)31-16-15-30-23;1-14-6-5-13-20-18(14)21-17(22)12-9-15-7-10-16(11-8-15)19(2,3)4/h8-13,20,22H,4-7,14-19H2,1-3H3,(H,29,31);9-14,19-20,22H,7-8,15-18H2,1-6H3,(H,29,31);8-13,18,20H,6-7,14-17H2,1-5H3,(H,27,29);5-8,10-11,13H,9,12H2,1-4H3,(H,20,21,22). The van der Waals surface area contributed by atoms with Crippen LogP contribution < -0.4 is 49.7 Å². The van der Waals surface area contributed by atoms with Crippen molar-refractivity contribution in [2.24, 2.45) is 0 Å². The zero-order valence-electron chi connectivity index (χ0n) is 74.8. The number of nitrogens with zero attached hydrogens (tertiary/aromatic N) is 4. The molecule has 0 radical (unpaired) electrons. The van der Waals surface area contributed by atoms with Crippen LogP contribution >= 0.6 is 0 Å². The number of benzene rings is 7. The summed E-state index contributed by atoms with van der Waals surface area (Å²) < 4.78 is 33.7. The lowest BCUT2D eigenvalue weighted by Crippen LogP contribution is -2.27. The van der Waals surface area contributed by atoms with Crippen LogP contribution in [0.3, 0.4) is 0 Å². The Kier molecular flexibility index (Phi) is 34.8. The number of hydrogen-bond acceptors (Lipinski definition) is 14. The predicted molar refractivity (Wildman–Crippen MR) is 486 cm³/mol. The molecule has 18 heteroatoms. The lowest BCUT2D eigenvalue weighted by atomic mass is 9.84. The van der Waals surface area contributed by atoms with E-state index in [9.17, 15) is 19.2 Å². The summed E-state index contributed by atoms with van der Waals surface area (Å²) in [6, 6.07) is 56.1. The third kappa shape index (κ3) is 30.8. The van der Waals surface area contributed by atoms with Crippen molar-refractivity contribution in [3.63, 3.8) is 0 Å². The van der Waals surface area contributed by atoms with Crippen LogP contribution in [0.1, 0.15) is 242 Å². The molecule has 12 rings (SSSR count). The molecule has 4 aliphatic rings. The van der Waals surface area contributed by atoms with Gasteiger partial charge in [0.05, 0.1) is 0 Å². The van der Waals surface area contributed by atoms with Gasteiger partial charge in [-0.15, -0.1) is 0 Å². The highest BCUT2D eigenvalue weighted by Crippen LogP contribution is 2.39. The Labute approximate surface area is 712 Å². The molecule has 1 fully saturated rings. The normalized spacial score (nSPS) is 14.6. The van der Waals surface area contributed by atoms with Gasteiger partial charge in [-0.25, -0.2) is 4.98 Å². The molecule has 642 valence electrons. The average Bonchev–Trinajstić information content (AvgIpc) is 1.03. The van der Waals surface area contributed by atoms with Crippen LogP contribution in [0.15, 0.2) is 170 Å². The highest BCUT2D eigenvalue weighted by Gasteiger charge is 2.26. The second-order valence-corrected chi connectivity index (χ2v) is 37.1. The fraction of sp³-hybridized carbons (Fsp3) is 0.495. The summed E-state index contributed by atoms with van der Waals surface area (Å²) in [5, 5.41) is 12.0. The number of amides is 4. The van der Waals surface area contributed by atoms with E-state index < -0.39 is 0 Å². The maximum atomic E-state index is 13.0. The van der Waals surface area contributed by atoms with Crippen LogP contribution in [0.2, 0.25) is 0 Å². The molecule has 8 aromatic rings. The molecule has 3 atom stereocenters. The van der Waals surface area contributed by atoms with E-state index in [0.717, 1.165) is 104 Å². The van der Waals surface area contributed by atoms with Crippen LogP contribution in [-0.2, 0) is 47.3 Å². The Morgan fingerprint density at radius 1 is 0.420 bits per heavy atom. The average molecular weight is 1620 g/mol. The molecule has 1 aromatic heterocycles. The van der Waals surface area contributed by atoms with Crippen molar-refractivity contribution in [2.75, 3.05) is 115 Å². The largest absolute Gasteiger partial charge is 0.486 e. The number of fused-ring (bicyclic) bond motifs is 3. The molecule has 0 bridgehead atoms. The minimum absolute atomic E-state index is 0.00157. The van der Waals surface area contributed by atoms with Crippen LogP contribution in [0.4, 0.5) is 22.9 Å². The number of aryl methyl sites for hydroxylation is 2. The van der Waals surface area contributed by atoms with Gasteiger partial charge >= 0.3 is 0 Å². The van der Waals surface area contributed by atoms with Gasteiger partial charge in [-0.3, -0.25) is 19.2 Å². The van der Waals surface area contributed by atoms with E-state index in [1.807, 2.05) is 73.7 Å².